The zero-order valence-electron chi connectivity index (χ0n) is 8.39. The molecule has 90 valence electrons. The molecule has 0 aromatic heterocycles. The van der Waals surface area contributed by atoms with Gasteiger partial charge in [0, 0.05) is 21.9 Å². The molecular weight excluding hydrogens is 256 g/mol. The highest BCUT2D eigenvalue weighted by atomic mass is 31.1. The van der Waals surface area contributed by atoms with Gasteiger partial charge in [-0.05, 0) is 12.1 Å². The van der Waals surface area contributed by atoms with Crippen LogP contribution in [0.3, 0.4) is 0 Å². The van der Waals surface area contributed by atoms with Gasteiger partial charge in [0.2, 0.25) is 0 Å². The summed E-state index contributed by atoms with van der Waals surface area (Å²) < 4.78 is 17.4. The summed E-state index contributed by atoms with van der Waals surface area (Å²) in [5.41, 5.74) is 1.16. The molecule has 0 spiro atoms. The monoisotopic (exact) mass is 269 g/mol. The normalized spacial score (nSPS) is 7.56. The summed E-state index contributed by atoms with van der Waals surface area (Å²) in [6.07, 6.45) is 0. The third kappa shape index (κ3) is 23.1. The molecule has 0 aliphatic rings. The Morgan fingerprint density at radius 2 is 1.25 bits per heavy atom. The molecule has 0 radical (unpaired) electrons. The molecule has 1 rings (SSSR count). The van der Waals surface area contributed by atoms with E-state index in [9.17, 15) is 0 Å². The van der Waals surface area contributed by atoms with Gasteiger partial charge in [-0.3, -0.25) is 0 Å². The second kappa shape index (κ2) is 12.1. The Morgan fingerprint density at radius 3 is 1.44 bits per heavy atom. The lowest BCUT2D eigenvalue weighted by atomic mass is 10.3. The first-order valence-electron chi connectivity index (χ1n) is 3.83. The SMILES string of the molecule is CNc1ccccc1.O=[P+](O)O.O=[P+](O)O. The minimum absolute atomic E-state index is 1.16. The van der Waals surface area contributed by atoms with E-state index in [0.717, 1.165) is 5.69 Å². The molecule has 0 aliphatic heterocycles. The van der Waals surface area contributed by atoms with E-state index < -0.39 is 16.5 Å². The van der Waals surface area contributed by atoms with E-state index in [1.54, 1.807) is 0 Å². The van der Waals surface area contributed by atoms with Crippen molar-refractivity contribution in [2.45, 2.75) is 0 Å². The van der Waals surface area contributed by atoms with Crippen LogP contribution in [0.4, 0.5) is 5.69 Å². The van der Waals surface area contributed by atoms with Crippen LogP contribution in [0, 0.1) is 0 Å². The van der Waals surface area contributed by atoms with Gasteiger partial charge in [0.05, 0.1) is 0 Å². The summed E-state index contributed by atoms with van der Waals surface area (Å²) >= 11 is 0. The van der Waals surface area contributed by atoms with Crippen molar-refractivity contribution in [1.82, 2.24) is 0 Å². The van der Waals surface area contributed by atoms with Gasteiger partial charge in [0.25, 0.3) is 0 Å². The third-order valence-corrected chi connectivity index (χ3v) is 1.06. The van der Waals surface area contributed by atoms with Crippen molar-refractivity contribution in [3.63, 3.8) is 0 Å². The highest BCUT2D eigenvalue weighted by Gasteiger charge is 1.93. The maximum absolute atomic E-state index is 8.70. The molecule has 0 amide bonds. The number of benzene rings is 1. The predicted octanol–water partition coefficient (Wildman–Crippen LogP) is 0.985. The number of nitrogens with one attached hydrogen (secondary N) is 1. The average Bonchev–Trinajstić information content (AvgIpc) is 2.17. The fourth-order valence-electron chi connectivity index (χ4n) is 0.605. The summed E-state index contributed by atoms with van der Waals surface area (Å²) in [6, 6.07) is 10.1. The zero-order chi connectivity index (χ0) is 13.0. The molecule has 0 bridgehead atoms. The van der Waals surface area contributed by atoms with E-state index in [2.05, 4.69) is 5.32 Å². The quantitative estimate of drug-likeness (QED) is 0.481. The van der Waals surface area contributed by atoms with Gasteiger partial charge in [-0.1, -0.05) is 18.2 Å². The van der Waals surface area contributed by atoms with Crippen molar-refractivity contribution in [1.29, 1.82) is 0 Å². The van der Waals surface area contributed by atoms with Crippen molar-refractivity contribution in [3.8, 4) is 0 Å². The molecule has 1 aromatic rings. The molecule has 0 aliphatic carbocycles. The minimum Gasteiger partial charge on any atom is -0.388 e. The van der Waals surface area contributed by atoms with Crippen LogP contribution in [0.5, 0.6) is 0 Å². The van der Waals surface area contributed by atoms with Crippen molar-refractivity contribution in [2.75, 3.05) is 12.4 Å². The van der Waals surface area contributed by atoms with Crippen molar-refractivity contribution in [3.05, 3.63) is 30.3 Å². The van der Waals surface area contributed by atoms with Crippen molar-refractivity contribution >= 4 is 22.2 Å². The Hall–Kier alpha value is -0.940. The maximum Gasteiger partial charge on any atom is 0.692 e. The van der Waals surface area contributed by atoms with E-state index in [0.29, 0.717) is 0 Å². The second-order valence-electron chi connectivity index (χ2n) is 2.12. The summed E-state index contributed by atoms with van der Waals surface area (Å²) in [7, 11) is -3.83. The molecule has 0 saturated carbocycles. The highest BCUT2D eigenvalue weighted by molar-refractivity contribution is 7.31. The van der Waals surface area contributed by atoms with Gasteiger partial charge in [0.1, 0.15) is 0 Å². The first-order valence-corrected chi connectivity index (χ1v) is 6.16. The number of rotatable bonds is 1. The number of hydrogen-bond donors (Lipinski definition) is 5. The van der Waals surface area contributed by atoms with Crippen LogP contribution < -0.4 is 5.32 Å². The zero-order valence-corrected chi connectivity index (χ0v) is 10.2. The fraction of sp³-hybridized carbons (Fsp3) is 0.143. The van der Waals surface area contributed by atoms with E-state index >= 15 is 0 Å². The second-order valence-corrected chi connectivity index (χ2v) is 3.13. The number of anilines is 1. The Kier molecular flexibility index (Phi) is 13.2. The van der Waals surface area contributed by atoms with Crippen LogP contribution in [0.1, 0.15) is 0 Å². The largest absolute Gasteiger partial charge is 0.692 e. The van der Waals surface area contributed by atoms with E-state index in [1.165, 1.54) is 0 Å². The fourth-order valence-corrected chi connectivity index (χ4v) is 0.605. The summed E-state index contributed by atoms with van der Waals surface area (Å²) in [4.78, 5) is 28.5. The molecular formula is C7H13NO6P2+2. The van der Waals surface area contributed by atoms with E-state index in [1.807, 2.05) is 37.4 Å². The molecule has 0 fully saturated rings. The van der Waals surface area contributed by atoms with Crippen LogP contribution in [0.15, 0.2) is 30.3 Å². The van der Waals surface area contributed by atoms with E-state index in [-0.39, 0.29) is 0 Å². The molecule has 1 aromatic carbocycles. The summed E-state index contributed by atoms with van der Waals surface area (Å²) in [6.45, 7) is 0. The van der Waals surface area contributed by atoms with Gasteiger partial charge < -0.3 is 5.32 Å². The third-order valence-electron chi connectivity index (χ3n) is 1.06. The van der Waals surface area contributed by atoms with Gasteiger partial charge in [0.15, 0.2) is 0 Å². The van der Waals surface area contributed by atoms with Crippen LogP contribution >= 0.6 is 16.5 Å². The number of hydrogen-bond acceptors (Lipinski definition) is 3. The molecule has 5 N–H and O–H groups in total. The van der Waals surface area contributed by atoms with Crippen LogP contribution in [0.25, 0.3) is 0 Å². The first-order chi connectivity index (χ1) is 7.40. The highest BCUT2D eigenvalue weighted by Crippen LogP contribution is 2.01. The summed E-state index contributed by atoms with van der Waals surface area (Å²) in [5, 5.41) is 3.03. The smallest absolute Gasteiger partial charge is 0.388 e. The Morgan fingerprint density at radius 1 is 0.938 bits per heavy atom. The molecule has 0 heterocycles. The Labute approximate surface area is 94.3 Å². The lowest BCUT2D eigenvalue weighted by Gasteiger charge is -1.94. The van der Waals surface area contributed by atoms with Gasteiger partial charge in [-0.15, -0.1) is 19.6 Å². The molecule has 7 nitrogen and oxygen atoms in total. The van der Waals surface area contributed by atoms with Gasteiger partial charge in [-0.25, -0.2) is 0 Å². The van der Waals surface area contributed by atoms with Gasteiger partial charge >= 0.3 is 16.5 Å². The maximum atomic E-state index is 8.70. The Bertz CT molecular complexity index is 287. The summed E-state index contributed by atoms with van der Waals surface area (Å²) in [5.74, 6) is 0. The first kappa shape index (κ1) is 17.5. The standard InChI is InChI=1S/C7H9N.2HO3P/c1-8-7-5-3-2-4-6-7;2*1-4(2)3/h2-6,8H,1H3;2*(H-,1,2,3)/p+2. The predicted molar refractivity (Wildman–Crippen MR) is 60.1 cm³/mol. The molecule has 9 heteroatoms. The lowest BCUT2D eigenvalue weighted by Crippen LogP contribution is -1.84. The Balaban J connectivity index is 0. The van der Waals surface area contributed by atoms with Crippen molar-refractivity contribution in [2.24, 2.45) is 0 Å². The van der Waals surface area contributed by atoms with Gasteiger partial charge in [-0.2, -0.15) is 0 Å². The molecule has 16 heavy (non-hydrogen) atoms. The molecule has 0 saturated heterocycles. The topological polar surface area (TPSA) is 127 Å². The van der Waals surface area contributed by atoms with Crippen LogP contribution in [0.2, 0.25) is 0 Å². The average molecular weight is 269 g/mol. The van der Waals surface area contributed by atoms with Crippen LogP contribution in [-0.2, 0) is 9.13 Å². The molecule has 0 unspecified atom stereocenters. The van der Waals surface area contributed by atoms with Crippen molar-refractivity contribution < 1.29 is 28.7 Å². The number of para-hydroxylation sites is 1. The molecule has 0 atom stereocenters. The minimum atomic E-state index is -2.87. The lowest BCUT2D eigenvalue weighted by molar-refractivity contribution is 0.403. The van der Waals surface area contributed by atoms with Crippen LogP contribution in [-0.4, -0.2) is 26.6 Å². The van der Waals surface area contributed by atoms with E-state index in [4.69, 9.17) is 28.7 Å².